The lowest BCUT2D eigenvalue weighted by molar-refractivity contribution is 0.0944. The molecule has 0 saturated carbocycles. The Morgan fingerprint density at radius 3 is 2.54 bits per heavy atom. The van der Waals surface area contributed by atoms with Crippen LogP contribution in [0.25, 0.3) is 0 Å². The summed E-state index contributed by atoms with van der Waals surface area (Å²) in [6.07, 6.45) is 1.92. The zero-order valence-electron chi connectivity index (χ0n) is 16.4. The van der Waals surface area contributed by atoms with Crippen molar-refractivity contribution in [2.24, 2.45) is 0 Å². The number of carbonyl (C=O) groups excluding carboxylic acids is 2. The van der Waals surface area contributed by atoms with Crippen LogP contribution in [-0.4, -0.2) is 45.9 Å². The molecule has 9 heteroatoms. The lowest BCUT2D eigenvalue weighted by Gasteiger charge is -2.23. The van der Waals surface area contributed by atoms with E-state index in [4.69, 9.17) is 0 Å². The fraction of sp³-hybridized carbons (Fsp3) is 0.474. The Balaban J connectivity index is 0.00000280. The van der Waals surface area contributed by atoms with Crippen molar-refractivity contribution in [1.82, 2.24) is 25.6 Å². The maximum atomic E-state index is 12.8. The SMILES string of the molecule is Cc1c(C(=O)Nc2ccccc2C(=O)NC(C)C)nnn1C1CCNCC1.Cl. The zero-order chi connectivity index (χ0) is 19.4. The fourth-order valence-corrected chi connectivity index (χ4v) is 3.26. The van der Waals surface area contributed by atoms with E-state index < -0.39 is 0 Å². The number of para-hydroxylation sites is 1. The molecule has 1 aromatic heterocycles. The third-order valence-corrected chi connectivity index (χ3v) is 4.64. The van der Waals surface area contributed by atoms with Crippen LogP contribution in [0.5, 0.6) is 0 Å². The van der Waals surface area contributed by atoms with Crippen LogP contribution < -0.4 is 16.0 Å². The molecule has 0 unspecified atom stereocenters. The summed E-state index contributed by atoms with van der Waals surface area (Å²) >= 11 is 0. The number of benzene rings is 1. The van der Waals surface area contributed by atoms with E-state index >= 15 is 0 Å². The number of piperidine rings is 1. The molecule has 1 aromatic carbocycles. The van der Waals surface area contributed by atoms with E-state index in [1.54, 1.807) is 24.3 Å². The highest BCUT2D eigenvalue weighted by Crippen LogP contribution is 2.21. The summed E-state index contributed by atoms with van der Waals surface area (Å²) < 4.78 is 1.84. The van der Waals surface area contributed by atoms with E-state index in [0.717, 1.165) is 31.6 Å². The summed E-state index contributed by atoms with van der Waals surface area (Å²) in [5.41, 5.74) is 1.90. The largest absolute Gasteiger partial charge is 0.350 e. The molecular formula is C19H27ClN6O2. The standard InChI is InChI=1S/C19H26N6O2.ClH/c1-12(2)21-18(26)15-6-4-5-7-16(15)22-19(27)17-13(3)25(24-23-17)14-8-10-20-11-9-14;/h4-7,12,14,20H,8-11H2,1-3H3,(H,21,26)(H,22,27);1H. The minimum absolute atomic E-state index is 0. The summed E-state index contributed by atoms with van der Waals surface area (Å²) in [7, 11) is 0. The number of carbonyl (C=O) groups is 2. The van der Waals surface area contributed by atoms with Gasteiger partial charge in [0.15, 0.2) is 5.69 Å². The predicted molar refractivity (Wildman–Crippen MR) is 110 cm³/mol. The van der Waals surface area contributed by atoms with Crippen LogP contribution in [0, 0.1) is 6.92 Å². The molecular weight excluding hydrogens is 380 g/mol. The first-order valence-electron chi connectivity index (χ1n) is 9.31. The summed E-state index contributed by atoms with van der Waals surface area (Å²) in [6, 6.07) is 7.20. The third kappa shape index (κ3) is 4.88. The molecule has 2 heterocycles. The van der Waals surface area contributed by atoms with Crippen LogP contribution in [0.2, 0.25) is 0 Å². The molecule has 1 aliphatic heterocycles. The molecule has 0 radical (unpaired) electrons. The first-order chi connectivity index (χ1) is 13.0. The van der Waals surface area contributed by atoms with Crippen LogP contribution in [-0.2, 0) is 0 Å². The number of amides is 2. The van der Waals surface area contributed by atoms with Crippen LogP contribution in [0.4, 0.5) is 5.69 Å². The Morgan fingerprint density at radius 2 is 1.86 bits per heavy atom. The lowest BCUT2D eigenvalue weighted by Crippen LogP contribution is -2.31. The average Bonchev–Trinajstić information content (AvgIpc) is 3.04. The van der Waals surface area contributed by atoms with Gasteiger partial charge in [-0.05, 0) is 58.8 Å². The molecule has 0 bridgehead atoms. The molecule has 0 aliphatic carbocycles. The van der Waals surface area contributed by atoms with Gasteiger partial charge < -0.3 is 16.0 Å². The molecule has 3 rings (SSSR count). The van der Waals surface area contributed by atoms with Gasteiger partial charge in [0.05, 0.1) is 23.0 Å². The molecule has 1 fully saturated rings. The van der Waals surface area contributed by atoms with Gasteiger partial charge in [-0.3, -0.25) is 9.59 Å². The van der Waals surface area contributed by atoms with Crippen LogP contribution in [0.1, 0.15) is 59.3 Å². The molecule has 28 heavy (non-hydrogen) atoms. The van der Waals surface area contributed by atoms with E-state index in [1.165, 1.54) is 0 Å². The normalized spacial score (nSPS) is 14.4. The molecule has 3 N–H and O–H groups in total. The van der Waals surface area contributed by atoms with Gasteiger partial charge in [-0.15, -0.1) is 17.5 Å². The van der Waals surface area contributed by atoms with Gasteiger partial charge in [-0.1, -0.05) is 17.3 Å². The van der Waals surface area contributed by atoms with Crippen LogP contribution >= 0.6 is 12.4 Å². The van der Waals surface area contributed by atoms with Gasteiger partial charge in [0.25, 0.3) is 11.8 Å². The minimum Gasteiger partial charge on any atom is -0.350 e. The van der Waals surface area contributed by atoms with Gasteiger partial charge in [0.1, 0.15) is 0 Å². The highest BCUT2D eigenvalue weighted by Gasteiger charge is 2.24. The van der Waals surface area contributed by atoms with Crippen molar-refractivity contribution in [3.63, 3.8) is 0 Å². The number of nitrogens with zero attached hydrogens (tertiary/aromatic N) is 3. The summed E-state index contributed by atoms with van der Waals surface area (Å²) in [6.45, 7) is 7.51. The second kappa shape index (κ2) is 9.66. The number of hydrogen-bond donors (Lipinski definition) is 3. The first kappa shape index (κ1) is 21.8. The predicted octanol–water partition coefficient (Wildman–Crippen LogP) is 2.32. The summed E-state index contributed by atoms with van der Waals surface area (Å²) in [5, 5.41) is 17.3. The molecule has 1 saturated heterocycles. The second-order valence-electron chi connectivity index (χ2n) is 7.08. The lowest BCUT2D eigenvalue weighted by atomic mass is 10.1. The number of aromatic nitrogens is 3. The number of halogens is 1. The number of nitrogens with one attached hydrogen (secondary N) is 3. The Kier molecular flexibility index (Phi) is 7.53. The number of rotatable bonds is 5. The molecule has 2 amide bonds. The summed E-state index contributed by atoms with van der Waals surface area (Å²) in [4.78, 5) is 25.1. The Morgan fingerprint density at radius 1 is 1.18 bits per heavy atom. The van der Waals surface area contributed by atoms with Crippen molar-refractivity contribution >= 4 is 29.9 Å². The van der Waals surface area contributed by atoms with Gasteiger partial charge >= 0.3 is 0 Å². The third-order valence-electron chi connectivity index (χ3n) is 4.64. The molecule has 152 valence electrons. The highest BCUT2D eigenvalue weighted by atomic mass is 35.5. The van der Waals surface area contributed by atoms with E-state index in [0.29, 0.717) is 11.3 Å². The smallest absolute Gasteiger partial charge is 0.278 e. The second-order valence-corrected chi connectivity index (χ2v) is 7.08. The first-order valence-corrected chi connectivity index (χ1v) is 9.31. The van der Waals surface area contributed by atoms with E-state index in [9.17, 15) is 9.59 Å². The van der Waals surface area contributed by atoms with Gasteiger partial charge in [0, 0.05) is 6.04 Å². The maximum Gasteiger partial charge on any atom is 0.278 e. The number of anilines is 1. The topological polar surface area (TPSA) is 101 Å². The quantitative estimate of drug-likeness (QED) is 0.707. The fourth-order valence-electron chi connectivity index (χ4n) is 3.26. The van der Waals surface area contributed by atoms with E-state index in [2.05, 4.69) is 26.3 Å². The highest BCUT2D eigenvalue weighted by molar-refractivity contribution is 6.08. The van der Waals surface area contributed by atoms with Crippen molar-refractivity contribution in [3.8, 4) is 0 Å². The summed E-state index contributed by atoms with van der Waals surface area (Å²) in [5.74, 6) is -0.589. The molecule has 0 spiro atoms. The molecule has 8 nitrogen and oxygen atoms in total. The Labute approximate surface area is 170 Å². The van der Waals surface area contributed by atoms with Crippen molar-refractivity contribution in [2.45, 2.75) is 45.7 Å². The van der Waals surface area contributed by atoms with E-state index in [-0.39, 0.29) is 42.0 Å². The minimum atomic E-state index is -0.363. The van der Waals surface area contributed by atoms with Crippen LogP contribution in [0.15, 0.2) is 24.3 Å². The zero-order valence-corrected chi connectivity index (χ0v) is 17.2. The van der Waals surface area contributed by atoms with Gasteiger partial charge in [-0.25, -0.2) is 4.68 Å². The Bertz CT molecular complexity index is 830. The maximum absolute atomic E-state index is 12.8. The average molecular weight is 407 g/mol. The number of hydrogen-bond acceptors (Lipinski definition) is 5. The van der Waals surface area contributed by atoms with E-state index in [1.807, 2.05) is 25.5 Å². The molecule has 0 atom stereocenters. The van der Waals surface area contributed by atoms with Gasteiger partial charge in [0.2, 0.25) is 0 Å². The van der Waals surface area contributed by atoms with Crippen molar-refractivity contribution in [1.29, 1.82) is 0 Å². The monoisotopic (exact) mass is 406 g/mol. The van der Waals surface area contributed by atoms with Crippen LogP contribution in [0.3, 0.4) is 0 Å². The molecule has 2 aromatic rings. The van der Waals surface area contributed by atoms with Crippen molar-refractivity contribution < 1.29 is 9.59 Å². The van der Waals surface area contributed by atoms with Gasteiger partial charge in [-0.2, -0.15) is 0 Å². The van der Waals surface area contributed by atoms with Crippen molar-refractivity contribution in [2.75, 3.05) is 18.4 Å². The molecule has 1 aliphatic rings. The Hall–Kier alpha value is -2.45. The van der Waals surface area contributed by atoms with Crippen molar-refractivity contribution in [3.05, 3.63) is 41.2 Å².